The first-order valence-electron chi connectivity index (χ1n) is 28.7. The van der Waals surface area contributed by atoms with E-state index in [2.05, 4.69) is 118 Å². The second-order valence-electron chi connectivity index (χ2n) is 18.8. The minimum absolute atomic E-state index is 0.0995. The van der Waals surface area contributed by atoms with Gasteiger partial charge in [-0.3, -0.25) is 14.4 Å². The molecule has 1 atom stereocenters. The Morgan fingerprint density at radius 1 is 0.304 bits per heavy atom. The van der Waals surface area contributed by atoms with Crippen LogP contribution in [0.5, 0.6) is 0 Å². The number of hydrogen-bond acceptors (Lipinski definition) is 6. The van der Waals surface area contributed by atoms with Gasteiger partial charge >= 0.3 is 17.9 Å². The fraction of sp³-hybridized carbons (Fsp3) is 0.698. The molecule has 1 unspecified atom stereocenters. The van der Waals surface area contributed by atoms with Gasteiger partial charge in [0.15, 0.2) is 6.10 Å². The maximum Gasteiger partial charge on any atom is 0.306 e. The van der Waals surface area contributed by atoms with Gasteiger partial charge in [-0.25, -0.2) is 0 Å². The number of allylic oxidation sites excluding steroid dienone is 16. The lowest BCUT2D eigenvalue weighted by atomic mass is 10.0. The average Bonchev–Trinajstić information content (AvgIpc) is 3.35. The largest absolute Gasteiger partial charge is 0.462 e. The molecule has 0 saturated heterocycles. The summed E-state index contributed by atoms with van der Waals surface area (Å²) in [5.74, 6) is -0.960. The van der Waals surface area contributed by atoms with E-state index >= 15 is 0 Å². The third-order valence-electron chi connectivity index (χ3n) is 12.1. The third kappa shape index (κ3) is 55.1. The molecule has 69 heavy (non-hydrogen) atoms. The molecule has 0 saturated carbocycles. The minimum Gasteiger partial charge on any atom is -0.462 e. The lowest BCUT2D eigenvalue weighted by Crippen LogP contribution is -2.30. The molecule has 394 valence electrons. The van der Waals surface area contributed by atoms with Crippen LogP contribution in [0.25, 0.3) is 0 Å². The molecule has 0 radical (unpaired) electrons. The summed E-state index contributed by atoms with van der Waals surface area (Å²) in [5.41, 5.74) is 0. The Balaban J connectivity index is 4.30. The van der Waals surface area contributed by atoms with Crippen LogP contribution in [0.2, 0.25) is 0 Å². The normalized spacial score (nSPS) is 12.8. The van der Waals surface area contributed by atoms with Gasteiger partial charge in [-0.15, -0.1) is 0 Å². The number of carbonyl (C=O) groups excluding carboxylic acids is 3. The summed E-state index contributed by atoms with van der Waals surface area (Å²) >= 11 is 0. The molecule has 0 bridgehead atoms. The molecule has 0 rings (SSSR count). The van der Waals surface area contributed by atoms with E-state index in [1.54, 1.807) is 0 Å². The Morgan fingerprint density at radius 2 is 0.565 bits per heavy atom. The predicted octanol–water partition coefficient (Wildman–Crippen LogP) is 19.3. The number of hydrogen-bond donors (Lipinski definition) is 0. The summed E-state index contributed by atoms with van der Waals surface area (Å²) in [6.07, 6.45) is 75.6. The summed E-state index contributed by atoms with van der Waals surface area (Å²) in [4.78, 5) is 38.1. The van der Waals surface area contributed by atoms with Gasteiger partial charge in [0.05, 0.1) is 0 Å². The molecule has 0 spiro atoms. The van der Waals surface area contributed by atoms with Crippen LogP contribution in [0.1, 0.15) is 265 Å². The predicted molar refractivity (Wildman–Crippen MR) is 297 cm³/mol. The highest BCUT2D eigenvalue weighted by molar-refractivity contribution is 5.71. The topological polar surface area (TPSA) is 78.9 Å². The molecule has 6 nitrogen and oxygen atoms in total. The molecule has 0 amide bonds. The van der Waals surface area contributed by atoms with Crippen LogP contribution in [0.15, 0.2) is 97.2 Å². The number of esters is 3. The van der Waals surface area contributed by atoms with E-state index in [4.69, 9.17) is 14.2 Å². The minimum atomic E-state index is -0.805. The van der Waals surface area contributed by atoms with Crippen molar-refractivity contribution in [2.45, 2.75) is 271 Å². The summed E-state index contributed by atoms with van der Waals surface area (Å²) < 4.78 is 16.8. The molecular weight excluding hydrogens is 853 g/mol. The van der Waals surface area contributed by atoms with Crippen molar-refractivity contribution < 1.29 is 28.6 Å². The molecule has 0 heterocycles. The second-order valence-corrected chi connectivity index (χ2v) is 18.8. The zero-order chi connectivity index (χ0) is 50.0. The molecule has 0 aromatic carbocycles. The number of carbonyl (C=O) groups is 3. The van der Waals surface area contributed by atoms with Crippen molar-refractivity contribution in [1.82, 2.24) is 0 Å². The van der Waals surface area contributed by atoms with Crippen LogP contribution >= 0.6 is 0 Å². The molecule has 0 aromatic rings. The Kier molecular flexibility index (Phi) is 53.9. The molecule has 0 aliphatic heterocycles. The fourth-order valence-corrected chi connectivity index (χ4v) is 7.80. The van der Waals surface area contributed by atoms with Crippen molar-refractivity contribution >= 4 is 17.9 Å². The van der Waals surface area contributed by atoms with Gasteiger partial charge in [0.25, 0.3) is 0 Å². The Bertz CT molecular complexity index is 1380. The molecular formula is C63H106O6. The van der Waals surface area contributed by atoms with E-state index < -0.39 is 6.10 Å². The molecule has 6 heteroatoms. The fourth-order valence-electron chi connectivity index (χ4n) is 7.80. The highest BCUT2D eigenvalue weighted by atomic mass is 16.6. The van der Waals surface area contributed by atoms with Crippen molar-refractivity contribution in [1.29, 1.82) is 0 Å². The SMILES string of the molecule is CC/C=C\C/C=C\C/C=C\CCCCCC(=O)OCC(COC(=O)CCCCCCCCCCCCCCC/C=C\C/C=C\CCCCCCC)OC(=O)CCCCC/C=C\C/C=C\C/C=C\CC. The molecule has 0 aliphatic rings. The van der Waals surface area contributed by atoms with Gasteiger partial charge in [0.2, 0.25) is 0 Å². The van der Waals surface area contributed by atoms with Crippen LogP contribution < -0.4 is 0 Å². The molecule has 0 N–H and O–H groups in total. The Labute approximate surface area is 426 Å². The van der Waals surface area contributed by atoms with E-state index in [0.717, 1.165) is 116 Å². The first-order valence-corrected chi connectivity index (χ1v) is 28.7. The van der Waals surface area contributed by atoms with Gasteiger partial charge in [-0.05, 0) is 116 Å². The number of rotatable bonds is 51. The molecule has 0 fully saturated rings. The van der Waals surface area contributed by atoms with Crippen LogP contribution in [0.4, 0.5) is 0 Å². The number of ether oxygens (including phenoxy) is 3. The van der Waals surface area contributed by atoms with Gasteiger partial charge < -0.3 is 14.2 Å². The maximum absolute atomic E-state index is 12.8. The van der Waals surface area contributed by atoms with E-state index in [1.807, 2.05) is 0 Å². The molecule has 0 aliphatic carbocycles. The smallest absolute Gasteiger partial charge is 0.306 e. The van der Waals surface area contributed by atoms with Gasteiger partial charge in [-0.2, -0.15) is 0 Å². The van der Waals surface area contributed by atoms with Crippen molar-refractivity contribution in [2.24, 2.45) is 0 Å². The van der Waals surface area contributed by atoms with Crippen molar-refractivity contribution in [2.75, 3.05) is 13.2 Å². The Morgan fingerprint density at radius 3 is 0.899 bits per heavy atom. The zero-order valence-corrected chi connectivity index (χ0v) is 45.0. The van der Waals surface area contributed by atoms with Gasteiger partial charge in [0, 0.05) is 19.3 Å². The van der Waals surface area contributed by atoms with E-state index in [0.29, 0.717) is 12.8 Å². The lowest BCUT2D eigenvalue weighted by Gasteiger charge is -2.18. The van der Waals surface area contributed by atoms with E-state index in [9.17, 15) is 14.4 Å². The number of unbranched alkanes of at least 4 members (excludes halogenated alkanes) is 24. The van der Waals surface area contributed by atoms with E-state index in [-0.39, 0.29) is 37.5 Å². The summed E-state index contributed by atoms with van der Waals surface area (Å²) in [7, 11) is 0. The summed E-state index contributed by atoms with van der Waals surface area (Å²) in [6, 6.07) is 0. The van der Waals surface area contributed by atoms with Gasteiger partial charge in [0.1, 0.15) is 13.2 Å². The van der Waals surface area contributed by atoms with Crippen LogP contribution in [0.3, 0.4) is 0 Å². The zero-order valence-electron chi connectivity index (χ0n) is 45.0. The average molecular weight is 960 g/mol. The van der Waals surface area contributed by atoms with Gasteiger partial charge in [-0.1, -0.05) is 227 Å². The Hall–Kier alpha value is -3.67. The van der Waals surface area contributed by atoms with Crippen LogP contribution in [-0.2, 0) is 28.6 Å². The molecule has 0 aromatic heterocycles. The van der Waals surface area contributed by atoms with Crippen molar-refractivity contribution in [3.63, 3.8) is 0 Å². The van der Waals surface area contributed by atoms with E-state index in [1.165, 1.54) is 109 Å². The van der Waals surface area contributed by atoms with Crippen molar-refractivity contribution in [3.8, 4) is 0 Å². The van der Waals surface area contributed by atoms with Crippen LogP contribution in [0, 0.1) is 0 Å². The second kappa shape index (κ2) is 56.9. The summed E-state index contributed by atoms with van der Waals surface area (Å²) in [6.45, 7) is 6.35. The monoisotopic (exact) mass is 959 g/mol. The lowest BCUT2D eigenvalue weighted by molar-refractivity contribution is -0.167. The van der Waals surface area contributed by atoms with Crippen LogP contribution in [-0.4, -0.2) is 37.2 Å². The first kappa shape index (κ1) is 65.3. The first-order chi connectivity index (χ1) is 34.0. The third-order valence-corrected chi connectivity index (χ3v) is 12.1. The van der Waals surface area contributed by atoms with Crippen molar-refractivity contribution in [3.05, 3.63) is 97.2 Å². The quantitative estimate of drug-likeness (QED) is 0.0262. The maximum atomic E-state index is 12.8. The highest BCUT2D eigenvalue weighted by Gasteiger charge is 2.19. The highest BCUT2D eigenvalue weighted by Crippen LogP contribution is 2.15. The summed E-state index contributed by atoms with van der Waals surface area (Å²) in [5, 5.41) is 0. The standard InChI is InChI=1S/C63H106O6/c1-4-7-10-13-16-19-22-25-26-27-28-29-30-31-32-33-34-35-36-39-41-44-47-50-53-56-62(65)68-59-60(69-63(66)57-54-51-48-45-42-38-24-21-18-15-12-9-6-3)58-67-61(64)55-52-49-46-43-40-37-23-20-17-14-11-8-5-2/h8-9,11-12,17-18,20-22,25,27-28,37-38,40,42,60H,4-7,10,13-16,19,23-24,26,29-36,39,41,43-59H2,1-3H3/b11-8-,12-9-,20-17-,21-18-,25-22-,28-27-,40-37-,42-38-.